The fraction of sp³-hybridized carbons (Fsp3) is 0.100. The standard InChI is InChI=1S/C10H9ClFN3/c1-5-4-8(15-13)9-6(11)2-3-7(12)10(9)14-5/h2-4H,13H2,1H3,(H,14,15). The minimum atomic E-state index is -0.408. The molecule has 0 atom stereocenters. The molecule has 2 rings (SSSR count). The van der Waals surface area contributed by atoms with E-state index in [4.69, 9.17) is 17.4 Å². The number of hydrogen-bond acceptors (Lipinski definition) is 3. The number of nitrogen functional groups attached to an aromatic ring is 1. The topological polar surface area (TPSA) is 50.9 Å². The van der Waals surface area contributed by atoms with Crippen molar-refractivity contribution in [1.82, 2.24) is 4.98 Å². The van der Waals surface area contributed by atoms with Crippen LogP contribution in [0.5, 0.6) is 0 Å². The summed E-state index contributed by atoms with van der Waals surface area (Å²) in [6, 6.07) is 4.49. The predicted octanol–water partition coefficient (Wildman–Crippen LogP) is 2.62. The van der Waals surface area contributed by atoms with Gasteiger partial charge in [-0.15, -0.1) is 0 Å². The molecule has 1 heterocycles. The van der Waals surface area contributed by atoms with Crippen molar-refractivity contribution < 1.29 is 4.39 Å². The molecule has 0 saturated carbocycles. The lowest BCUT2D eigenvalue weighted by Crippen LogP contribution is -2.08. The first-order valence-electron chi connectivity index (χ1n) is 4.35. The van der Waals surface area contributed by atoms with Crippen molar-refractivity contribution in [2.45, 2.75) is 6.92 Å². The number of hydrazine groups is 1. The number of nitrogens with one attached hydrogen (secondary N) is 1. The molecule has 15 heavy (non-hydrogen) atoms. The second kappa shape index (κ2) is 3.64. The maximum atomic E-state index is 13.5. The Balaban J connectivity index is 2.95. The summed E-state index contributed by atoms with van der Waals surface area (Å²) in [7, 11) is 0. The molecule has 0 spiro atoms. The smallest absolute Gasteiger partial charge is 0.149 e. The third-order valence-corrected chi connectivity index (χ3v) is 2.46. The summed E-state index contributed by atoms with van der Waals surface area (Å²) < 4.78 is 13.5. The molecule has 0 fully saturated rings. The van der Waals surface area contributed by atoms with Gasteiger partial charge in [0.1, 0.15) is 11.3 Å². The molecule has 78 valence electrons. The van der Waals surface area contributed by atoms with E-state index in [1.807, 2.05) is 0 Å². The molecular formula is C10H9ClFN3. The molecule has 0 bridgehead atoms. The van der Waals surface area contributed by atoms with Crippen LogP contribution in [0.4, 0.5) is 10.1 Å². The van der Waals surface area contributed by atoms with Crippen LogP contribution in [0.25, 0.3) is 10.9 Å². The zero-order valence-electron chi connectivity index (χ0n) is 8.01. The van der Waals surface area contributed by atoms with E-state index in [-0.39, 0.29) is 5.52 Å². The Labute approximate surface area is 91.0 Å². The van der Waals surface area contributed by atoms with Gasteiger partial charge in [0.2, 0.25) is 0 Å². The van der Waals surface area contributed by atoms with Crippen molar-refractivity contribution in [3.63, 3.8) is 0 Å². The van der Waals surface area contributed by atoms with E-state index in [0.717, 1.165) is 0 Å². The minimum Gasteiger partial charge on any atom is -0.323 e. The molecule has 0 amide bonds. The molecule has 1 aromatic heterocycles. The van der Waals surface area contributed by atoms with E-state index in [0.29, 0.717) is 21.8 Å². The zero-order chi connectivity index (χ0) is 11.0. The van der Waals surface area contributed by atoms with Gasteiger partial charge in [-0.3, -0.25) is 5.84 Å². The molecule has 0 aliphatic rings. The van der Waals surface area contributed by atoms with E-state index in [2.05, 4.69) is 10.4 Å². The van der Waals surface area contributed by atoms with E-state index in [1.54, 1.807) is 13.0 Å². The number of halogens is 2. The number of hydrogen-bond donors (Lipinski definition) is 2. The lowest BCUT2D eigenvalue weighted by molar-refractivity contribution is 0.636. The van der Waals surface area contributed by atoms with Crippen molar-refractivity contribution in [2.75, 3.05) is 5.43 Å². The molecule has 0 aliphatic carbocycles. The Hall–Kier alpha value is -1.39. The van der Waals surface area contributed by atoms with E-state index >= 15 is 0 Å². The van der Waals surface area contributed by atoms with E-state index < -0.39 is 5.82 Å². The van der Waals surface area contributed by atoms with Crippen LogP contribution in [0.3, 0.4) is 0 Å². The number of anilines is 1. The summed E-state index contributed by atoms with van der Waals surface area (Å²) in [4.78, 5) is 4.09. The number of fused-ring (bicyclic) bond motifs is 1. The Morgan fingerprint density at radius 1 is 1.47 bits per heavy atom. The second-order valence-corrected chi connectivity index (χ2v) is 3.62. The monoisotopic (exact) mass is 225 g/mol. The molecule has 0 unspecified atom stereocenters. The SMILES string of the molecule is Cc1cc(NN)c2c(Cl)ccc(F)c2n1. The van der Waals surface area contributed by atoms with Gasteiger partial charge in [-0.1, -0.05) is 11.6 Å². The van der Waals surface area contributed by atoms with E-state index in [1.165, 1.54) is 12.1 Å². The highest BCUT2D eigenvalue weighted by Gasteiger charge is 2.10. The minimum absolute atomic E-state index is 0.232. The van der Waals surface area contributed by atoms with Crippen LogP contribution >= 0.6 is 11.6 Å². The maximum absolute atomic E-state index is 13.5. The van der Waals surface area contributed by atoms with Gasteiger partial charge in [0.05, 0.1) is 10.7 Å². The summed E-state index contributed by atoms with van der Waals surface area (Å²) in [6.45, 7) is 1.76. The Morgan fingerprint density at radius 2 is 2.20 bits per heavy atom. The average Bonchev–Trinajstić information content (AvgIpc) is 2.22. The molecule has 3 N–H and O–H groups in total. The highest BCUT2D eigenvalue weighted by atomic mass is 35.5. The number of benzene rings is 1. The number of pyridine rings is 1. The van der Waals surface area contributed by atoms with Crippen LogP contribution in [0, 0.1) is 12.7 Å². The summed E-state index contributed by atoms with van der Waals surface area (Å²) in [5.74, 6) is 4.94. The molecule has 1 aromatic carbocycles. The van der Waals surface area contributed by atoms with Gasteiger partial charge in [-0.05, 0) is 25.1 Å². The van der Waals surface area contributed by atoms with Gasteiger partial charge in [0, 0.05) is 11.1 Å². The third kappa shape index (κ3) is 1.62. The second-order valence-electron chi connectivity index (χ2n) is 3.21. The lowest BCUT2D eigenvalue weighted by atomic mass is 10.1. The predicted molar refractivity (Wildman–Crippen MR) is 59.3 cm³/mol. The Kier molecular flexibility index (Phi) is 2.46. The highest BCUT2D eigenvalue weighted by Crippen LogP contribution is 2.31. The summed E-state index contributed by atoms with van der Waals surface area (Å²) >= 11 is 5.96. The lowest BCUT2D eigenvalue weighted by Gasteiger charge is -2.08. The molecule has 0 aliphatic heterocycles. The van der Waals surface area contributed by atoms with Crippen LogP contribution in [0.2, 0.25) is 5.02 Å². The van der Waals surface area contributed by atoms with Crippen molar-refractivity contribution in [3.8, 4) is 0 Å². The highest BCUT2D eigenvalue weighted by molar-refractivity contribution is 6.36. The summed E-state index contributed by atoms with van der Waals surface area (Å²) in [5, 5.41) is 0.927. The number of aryl methyl sites for hydroxylation is 1. The van der Waals surface area contributed by atoms with Gasteiger partial charge in [-0.25, -0.2) is 9.37 Å². The van der Waals surface area contributed by atoms with Crippen LogP contribution in [0.1, 0.15) is 5.69 Å². The van der Waals surface area contributed by atoms with Gasteiger partial charge < -0.3 is 5.43 Å². The van der Waals surface area contributed by atoms with Gasteiger partial charge >= 0.3 is 0 Å². The molecule has 0 radical (unpaired) electrons. The number of rotatable bonds is 1. The van der Waals surface area contributed by atoms with Crippen LogP contribution < -0.4 is 11.3 Å². The maximum Gasteiger partial charge on any atom is 0.149 e. The molecular weight excluding hydrogens is 217 g/mol. The molecule has 5 heteroatoms. The molecule has 3 nitrogen and oxygen atoms in total. The Morgan fingerprint density at radius 3 is 2.87 bits per heavy atom. The van der Waals surface area contributed by atoms with Crippen LogP contribution in [-0.4, -0.2) is 4.98 Å². The zero-order valence-corrected chi connectivity index (χ0v) is 8.77. The first-order valence-corrected chi connectivity index (χ1v) is 4.73. The number of nitrogens with two attached hydrogens (primary N) is 1. The fourth-order valence-electron chi connectivity index (χ4n) is 1.51. The molecule has 2 aromatic rings. The largest absolute Gasteiger partial charge is 0.323 e. The van der Waals surface area contributed by atoms with Gasteiger partial charge in [0.25, 0.3) is 0 Å². The Bertz CT molecular complexity index is 528. The van der Waals surface area contributed by atoms with Crippen LogP contribution in [0.15, 0.2) is 18.2 Å². The summed E-state index contributed by atoms with van der Waals surface area (Å²) in [6.07, 6.45) is 0. The fourth-order valence-corrected chi connectivity index (χ4v) is 1.76. The first-order chi connectivity index (χ1) is 7.13. The van der Waals surface area contributed by atoms with Gasteiger partial charge in [-0.2, -0.15) is 0 Å². The van der Waals surface area contributed by atoms with Crippen molar-refractivity contribution in [1.29, 1.82) is 0 Å². The first kappa shape index (κ1) is 10.1. The number of nitrogens with zero attached hydrogens (tertiary/aromatic N) is 1. The molecule has 0 saturated heterocycles. The van der Waals surface area contributed by atoms with Crippen LogP contribution in [-0.2, 0) is 0 Å². The van der Waals surface area contributed by atoms with Crippen molar-refractivity contribution >= 4 is 28.2 Å². The van der Waals surface area contributed by atoms with Gasteiger partial charge in [0.15, 0.2) is 0 Å². The van der Waals surface area contributed by atoms with Crippen molar-refractivity contribution in [3.05, 3.63) is 34.7 Å². The summed E-state index contributed by atoms with van der Waals surface area (Å²) in [5.41, 5.74) is 3.97. The van der Waals surface area contributed by atoms with Crippen molar-refractivity contribution in [2.24, 2.45) is 5.84 Å². The van der Waals surface area contributed by atoms with E-state index in [9.17, 15) is 4.39 Å². The average molecular weight is 226 g/mol. The third-order valence-electron chi connectivity index (χ3n) is 2.14. The number of aromatic nitrogens is 1. The normalized spacial score (nSPS) is 10.7. The quantitative estimate of drug-likeness (QED) is 0.580.